The van der Waals surface area contributed by atoms with Crippen LogP contribution in [0.15, 0.2) is 24.3 Å². The Bertz CT molecular complexity index is 421. The first kappa shape index (κ1) is 11.6. The summed E-state index contributed by atoms with van der Waals surface area (Å²) in [5.74, 6) is 0.296. The molecule has 1 aromatic carbocycles. The maximum absolute atomic E-state index is 12.1. The summed E-state index contributed by atoms with van der Waals surface area (Å²) in [6.07, 6.45) is 0.990. The minimum Gasteiger partial charge on any atom is -0.338 e. The second-order valence-corrected chi connectivity index (χ2v) is 4.97. The first-order valence-electron chi connectivity index (χ1n) is 5.24. The van der Waals surface area contributed by atoms with E-state index in [0.29, 0.717) is 25.9 Å². The monoisotopic (exact) mass is 329 g/mol. The van der Waals surface area contributed by atoms with E-state index in [1.165, 1.54) is 0 Å². The number of amides is 1. The Morgan fingerprint density at radius 1 is 1.19 bits per heavy atom. The number of rotatable bonds is 1. The molecule has 0 radical (unpaired) electrons. The molecule has 0 N–H and O–H groups in total. The molecule has 1 heterocycles. The Kier molecular flexibility index (Phi) is 3.58. The average Bonchev–Trinajstić information content (AvgIpc) is 2.30. The quantitative estimate of drug-likeness (QED) is 0.740. The molecule has 2 rings (SSSR count). The SMILES string of the molecule is O=C1CCN(C(=O)c2ccccc2I)CC1. The van der Waals surface area contributed by atoms with Gasteiger partial charge in [0.1, 0.15) is 5.78 Å². The van der Waals surface area contributed by atoms with Crippen molar-refractivity contribution >= 4 is 34.3 Å². The van der Waals surface area contributed by atoms with Crippen LogP contribution in [0, 0.1) is 3.57 Å². The van der Waals surface area contributed by atoms with Gasteiger partial charge < -0.3 is 4.90 Å². The van der Waals surface area contributed by atoms with Crippen LogP contribution in [0.1, 0.15) is 23.2 Å². The summed E-state index contributed by atoms with van der Waals surface area (Å²) in [4.78, 5) is 25.0. The Hall–Kier alpha value is -0.910. The van der Waals surface area contributed by atoms with Crippen LogP contribution >= 0.6 is 22.6 Å². The lowest BCUT2D eigenvalue weighted by atomic mass is 10.1. The zero-order chi connectivity index (χ0) is 11.5. The molecule has 0 unspecified atom stereocenters. The number of carbonyl (C=O) groups is 2. The highest BCUT2D eigenvalue weighted by Crippen LogP contribution is 2.16. The van der Waals surface area contributed by atoms with E-state index < -0.39 is 0 Å². The molecule has 84 valence electrons. The molecular formula is C12H12INO2. The summed E-state index contributed by atoms with van der Waals surface area (Å²) in [5, 5.41) is 0. The first-order valence-corrected chi connectivity index (χ1v) is 6.32. The Labute approximate surface area is 108 Å². The van der Waals surface area contributed by atoms with E-state index in [4.69, 9.17) is 0 Å². The van der Waals surface area contributed by atoms with Crippen LogP contribution in [-0.2, 0) is 4.79 Å². The Morgan fingerprint density at radius 2 is 1.81 bits per heavy atom. The second kappa shape index (κ2) is 4.95. The lowest BCUT2D eigenvalue weighted by Gasteiger charge is -2.26. The van der Waals surface area contributed by atoms with Gasteiger partial charge in [-0.1, -0.05) is 12.1 Å². The molecule has 0 bridgehead atoms. The number of carbonyl (C=O) groups excluding carboxylic acids is 2. The van der Waals surface area contributed by atoms with Crippen molar-refractivity contribution in [2.45, 2.75) is 12.8 Å². The van der Waals surface area contributed by atoms with Gasteiger partial charge in [0.25, 0.3) is 5.91 Å². The third-order valence-corrected chi connectivity index (χ3v) is 3.65. The average molecular weight is 329 g/mol. The van der Waals surface area contributed by atoms with Crippen LogP contribution in [0.25, 0.3) is 0 Å². The Balaban J connectivity index is 2.14. The molecule has 1 amide bonds. The number of hydrogen-bond donors (Lipinski definition) is 0. The zero-order valence-corrected chi connectivity index (χ0v) is 10.9. The normalized spacial score (nSPS) is 16.3. The van der Waals surface area contributed by atoms with Gasteiger partial charge in [0.05, 0.1) is 5.56 Å². The number of piperidine rings is 1. The van der Waals surface area contributed by atoms with Crippen molar-refractivity contribution in [2.75, 3.05) is 13.1 Å². The van der Waals surface area contributed by atoms with Crippen molar-refractivity contribution < 1.29 is 9.59 Å². The van der Waals surface area contributed by atoms with Crippen molar-refractivity contribution in [1.82, 2.24) is 4.90 Å². The smallest absolute Gasteiger partial charge is 0.254 e. The van der Waals surface area contributed by atoms with Gasteiger partial charge in [0, 0.05) is 29.5 Å². The number of benzene rings is 1. The van der Waals surface area contributed by atoms with E-state index in [-0.39, 0.29) is 11.7 Å². The molecule has 4 heteroatoms. The predicted octanol–water partition coefficient (Wildman–Crippen LogP) is 2.10. The second-order valence-electron chi connectivity index (χ2n) is 3.81. The molecule has 1 aliphatic heterocycles. The summed E-state index contributed by atoms with van der Waals surface area (Å²) in [5.41, 5.74) is 0.734. The van der Waals surface area contributed by atoms with Crippen LogP contribution in [-0.4, -0.2) is 29.7 Å². The van der Waals surface area contributed by atoms with Crippen molar-refractivity contribution in [3.63, 3.8) is 0 Å². The summed E-state index contributed by atoms with van der Waals surface area (Å²) in [6, 6.07) is 7.53. The van der Waals surface area contributed by atoms with Crippen LogP contribution in [0.3, 0.4) is 0 Å². The lowest BCUT2D eigenvalue weighted by Crippen LogP contribution is -2.38. The zero-order valence-electron chi connectivity index (χ0n) is 8.78. The van der Waals surface area contributed by atoms with Gasteiger partial charge in [-0.15, -0.1) is 0 Å². The first-order chi connectivity index (χ1) is 7.68. The highest BCUT2D eigenvalue weighted by atomic mass is 127. The minimum atomic E-state index is 0.0394. The van der Waals surface area contributed by atoms with Crippen molar-refractivity contribution in [2.24, 2.45) is 0 Å². The van der Waals surface area contributed by atoms with E-state index in [2.05, 4.69) is 22.6 Å². The largest absolute Gasteiger partial charge is 0.338 e. The molecule has 1 saturated heterocycles. The molecule has 0 aromatic heterocycles. The van der Waals surface area contributed by atoms with E-state index in [1.807, 2.05) is 24.3 Å². The van der Waals surface area contributed by atoms with E-state index in [9.17, 15) is 9.59 Å². The van der Waals surface area contributed by atoms with Gasteiger partial charge in [-0.25, -0.2) is 0 Å². The number of Topliss-reactive ketones (excluding diaryl/α,β-unsaturated/α-hetero) is 1. The number of halogens is 1. The number of nitrogens with zero attached hydrogens (tertiary/aromatic N) is 1. The molecule has 3 nitrogen and oxygen atoms in total. The number of hydrogen-bond acceptors (Lipinski definition) is 2. The van der Waals surface area contributed by atoms with Gasteiger partial charge in [-0.3, -0.25) is 9.59 Å². The van der Waals surface area contributed by atoms with Crippen LogP contribution in [0.2, 0.25) is 0 Å². The van der Waals surface area contributed by atoms with E-state index >= 15 is 0 Å². The molecule has 0 spiro atoms. The Morgan fingerprint density at radius 3 is 2.44 bits per heavy atom. The lowest BCUT2D eigenvalue weighted by molar-refractivity contribution is -0.120. The topological polar surface area (TPSA) is 37.4 Å². The third-order valence-electron chi connectivity index (χ3n) is 2.71. The van der Waals surface area contributed by atoms with Gasteiger partial charge in [0.2, 0.25) is 0 Å². The molecule has 0 saturated carbocycles. The van der Waals surface area contributed by atoms with Gasteiger partial charge in [-0.05, 0) is 34.7 Å². The maximum atomic E-state index is 12.1. The van der Waals surface area contributed by atoms with Crippen molar-refractivity contribution in [3.05, 3.63) is 33.4 Å². The molecule has 1 aromatic rings. The van der Waals surface area contributed by atoms with Crippen LogP contribution < -0.4 is 0 Å². The van der Waals surface area contributed by atoms with Gasteiger partial charge in [-0.2, -0.15) is 0 Å². The number of ketones is 1. The molecule has 1 aliphatic rings. The molecule has 0 atom stereocenters. The summed E-state index contributed by atoms with van der Waals surface area (Å²) >= 11 is 2.16. The fourth-order valence-corrected chi connectivity index (χ4v) is 2.38. The van der Waals surface area contributed by atoms with Gasteiger partial charge in [0.15, 0.2) is 0 Å². The van der Waals surface area contributed by atoms with Gasteiger partial charge >= 0.3 is 0 Å². The molecule has 16 heavy (non-hydrogen) atoms. The minimum absolute atomic E-state index is 0.0394. The van der Waals surface area contributed by atoms with E-state index in [1.54, 1.807) is 4.90 Å². The maximum Gasteiger partial charge on any atom is 0.254 e. The van der Waals surface area contributed by atoms with E-state index in [0.717, 1.165) is 9.13 Å². The van der Waals surface area contributed by atoms with Crippen LogP contribution in [0.4, 0.5) is 0 Å². The fraction of sp³-hybridized carbons (Fsp3) is 0.333. The summed E-state index contributed by atoms with van der Waals surface area (Å²) < 4.78 is 0.960. The highest BCUT2D eigenvalue weighted by Gasteiger charge is 2.22. The molecule has 0 aliphatic carbocycles. The van der Waals surface area contributed by atoms with Crippen LogP contribution in [0.5, 0.6) is 0 Å². The summed E-state index contributed by atoms with van der Waals surface area (Å²) in [6.45, 7) is 1.12. The number of likely N-dealkylation sites (tertiary alicyclic amines) is 1. The van der Waals surface area contributed by atoms with Crippen molar-refractivity contribution in [1.29, 1.82) is 0 Å². The third kappa shape index (κ3) is 2.42. The standard InChI is InChI=1S/C12H12INO2/c13-11-4-2-1-3-10(11)12(16)14-7-5-9(15)6-8-14/h1-4H,5-8H2. The summed E-state index contributed by atoms with van der Waals surface area (Å²) in [7, 11) is 0. The molecule has 1 fully saturated rings. The highest BCUT2D eigenvalue weighted by molar-refractivity contribution is 14.1. The predicted molar refractivity (Wildman–Crippen MR) is 69.3 cm³/mol. The molecular weight excluding hydrogens is 317 g/mol. The fourth-order valence-electron chi connectivity index (χ4n) is 1.76. The van der Waals surface area contributed by atoms with Crippen molar-refractivity contribution in [3.8, 4) is 0 Å².